The van der Waals surface area contributed by atoms with Gasteiger partial charge in [-0.3, -0.25) is 0 Å². The Morgan fingerprint density at radius 2 is 1.88 bits per heavy atom. The standard InChI is InChI=1S/C14H20ClN/c1-11(2)7-8-14(9-16-10-14)12-3-5-13(15)6-4-12/h3-6,11,16H,7-10H2,1-2H3. The molecule has 16 heavy (non-hydrogen) atoms. The van der Waals surface area contributed by atoms with Crippen molar-refractivity contribution in [2.45, 2.75) is 32.1 Å². The van der Waals surface area contributed by atoms with Crippen LogP contribution in [0.1, 0.15) is 32.3 Å². The zero-order valence-corrected chi connectivity index (χ0v) is 10.8. The molecule has 1 saturated heterocycles. The predicted molar refractivity (Wildman–Crippen MR) is 70.1 cm³/mol. The summed E-state index contributed by atoms with van der Waals surface area (Å²) in [4.78, 5) is 0. The fourth-order valence-electron chi connectivity index (χ4n) is 2.32. The fraction of sp³-hybridized carbons (Fsp3) is 0.571. The summed E-state index contributed by atoms with van der Waals surface area (Å²) in [6, 6.07) is 8.38. The van der Waals surface area contributed by atoms with E-state index in [0.717, 1.165) is 24.0 Å². The van der Waals surface area contributed by atoms with Crippen molar-refractivity contribution in [3.63, 3.8) is 0 Å². The molecule has 1 N–H and O–H groups in total. The van der Waals surface area contributed by atoms with E-state index >= 15 is 0 Å². The molecule has 0 atom stereocenters. The Morgan fingerprint density at radius 1 is 1.25 bits per heavy atom. The van der Waals surface area contributed by atoms with Crippen LogP contribution < -0.4 is 5.32 Å². The van der Waals surface area contributed by atoms with E-state index in [9.17, 15) is 0 Å². The summed E-state index contributed by atoms with van der Waals surface area (Å²) in [5.74, 6) is 0.782. The molecule has 1 nitrogen and oxygen atoms in total. The topological polar surface area (TPSA) is 12.0 Å². The quantitative estimate of drug-likeness (QED) is 0.844. The zero-order valence-electron chi connectivity index (χ0n) is 10.1. The first kappa shape index (κ1) is 11.9. The van der Waals surface area contributed by atoms with Gasteiger partial charge in [0.05, 0.1) is 0 Å². The summed E-state index contributed by atoms with van der Waals surface area (Å²) in [5, 5.41) is 4.23. The highest BCUT2D eigenvalue weighted by Gasteiger charge is 2.37. The van der Waals surface area contributed by atoms with E-state index in [1.807, 2.05) is 12.1 Å². The Hall–Kier alpha value is -0.530. The summed E-state index contributed by atoms with van der Waals surface area (Å²) >= 11 is 5.93. The Bertz CT molecular complexity index is 338. The number of hydrogen-bond acceptors (Lipinski definition) is 1. The van der Waals surface area contributed by atoms with Gasteiger partial charge in [0, 0.05) is 23.5 Å². The van der Waals surface area contributed by atoms with Gasteiger partial charge in [-0.15, -0.1) is 0 Å². The van der Waals surface area contributed by atoms with Crippen LogP contribution in [0.3, 0.4) is 0 Å². The third kappa shape index (κ3) is 2.41. The van der Waals surface area contributed by atoms with Crippen LogP contribution in [0, 0.1) is 5.92 Å². The monoisotopic (exact) mass is 237 g/mol. The SMILES string of the molecule is CC(C)CCC1(c2ccc(Cl)cc2)CNC1. The molecule has 0 spiro atoms. The largest absolute Gasteiger partial charge is 0.315 e. The molecule has 0 saturated carbocycles. The van der Waals surface area contributed by atoms with Crippen LogP contribution in [-0.4, -0.2) is 13.1 Å². The highest BCUT2D eigenvalue weighted by molar-refractivity contribution is 6.30. The molecule has 1 aromatic rings. The molecule has 1 aliphatic heterocycles. The lowest BCUT2D eigenvalue weighted by Gasteiger charge is -2.44. The molecule has 0 aliphatic carbocycles. The number of hydrogen-bond donors (Lipinski definition) is 1. The molecule has 0 aromatic heterocycles. The number of rotatable bonds is 4. The highest BCUT2D eigenvalue weighted by atomic mass is 35.5. The third-order valence-corrected chi connectivity index (χ3v) is 3.84. The van der Waals surface area contributed by atoms with Gasteiger partial charge >= 0.3 is 0 Å². The smallest absolute Gasteiger partial charge is 0.0406 e. The average Bonchev–Trinajstić information content (AvgIpc) is 2.18. The Kier molecular flexibility index (Phi) is 3.56. The Morgan fingerprint density at radius 3 is 2.31 bits per heavy atom. The van der Waals surface area contributed by atoms with Crippen molar-refractivity contribution < 1.29 is 0 Å². The van der Waals surface area contributed by atoms with Gasteiger partial charge < -0.3 is 5.32 Å². The molecule has 0 radical (unpaired) electrons. The van der Waals surface area contributed by atoms with Gasteiger partial charge in [-0.25, -0.2) is 0 Å². The normalized spacial score (nSPS) is 18.5. The minimum absolute atomic E-state index is 0.370. The van der Waals surface area contributed by atoms with Crippen molar-refractivity contribution >= 4 is 11.6 Å². The molecular weight excluding hydrogens is 218 g/mol. The number of nitrogens with one attached hydrogen (secondary N) is 1. The van der Waals surface area contributed by atoms with E-state index in [1.165, 1.54) is 18.4 Å². The van der Waals surface area contributed by atoms with Crippen LogP contribution in [0.4, 0.5) is 0 Å². The summed E-state index contributed by atoms with van der Waals surface area (Å²) in [7, 11) is 0. The van der Waals surface area contributed by atoms with Gasteiger partial charge in [0.25, 0.3) is 0 Å². The second-order valence-electron chi connectivity index (χ2n) is 5.32. The molecule has 88 valence electrons. The van der Waals surface area contributed by atoms with Crippen molar-refractivity contribution in [3.8, 4) is 0 Å². The van der Waals surface area contributed by atoms with Crippen molar-refractivity contribution in [2.24, 2.45) is 5.92 Å². The molecule has 1 aliphatic rings. The van der Waals surface area contributed by atoms with Gasteiger partial charge in [0.1, 0.15) is 0 Å². The maximum Gasteiger partial charge on any atom is 0.0406 e. The average molecular weight is 238 g/mol. The van der Waals surface area contributed by atoms with Gasteiger partial charge in [-0.2, -0.15) is 0 Å². The van der Waals surface area contributed by atoms with Gasteiger partial charge in [0.2, 0.25) is 0 Å². The van der Waals surface area contributed by atoms with E-state index in [-0.39, 0.29) is 0 Å². The van der Waals surface area contributed by atoms with Crippen LogP contribution in [0.2, 0.25) is 5.02 Å². The molecule has 1 fully saturated rings. The van der Waals surface area contributed by atoms with E-state index < -0.39 is 0 Å². The molecular formula is C14H20ClN. The summed E-state index contributed by atoms with van der Waals surface area (Å²) in [6.45, 7) is 6.81. The van der Waals surface area contributed by atoms with Crippen LogP contribution in [0.15, 0.2) is 24.3 Å². The molecule has 0 bridgehead atoms. The zero-order chi connectivity index (χ0) is 11.6. The van der Waals surface area contributed by atoms with Gasteiger partial charge in [-0.1, -0.05) is 44.0 Å². The van der Waals surface area contributed by atoms with E-state index in [4.69, 9.17) is 11.6 Å². The lowest BCUT2D eigenvalue weighted by Crippen LogP contribution is -2.56. The molecule has 2 heteroatoms. The summed E-state index contributed by atoms with van der Waals surface area (Å²) < 4.78 is 0. The summed E-state index contributed by atoms with van der Waals surface area (Å²) in [6.07, 6.45) is 2.57. The van der Waals surface area contributed by atoms with E-state index in [1.54, 1.807) is 0 Å². The van der Waals surface area contributed by atoms with Crippen molar-refractivity contribution in [1.82, 2.24) is 5.32 Å². The van der Waals surface area contributed by atoms with E-state index in [2.05, 4.69) is 31.3 Å². The third-order valence-electron chi connectivity index (χ3n) is 3.58. The lowest BCUT2D eigenvalue weighted by atomic mass is 9.71. The fourth-order valence-corrected chi connectivity index (χ4v) is 2.45. The van der Waals surface area contributed by atoms with Gasteiger partial charge in [-0.05, 0) is 30.0 Å². The van der Waals surface area contributed by atoms with Crippen LogP contribution in [0.25, 0.3) is 0 Å². The maximum absolute atomic E-state index is 5.93. The van der Waals surface area contributed by atoms with E-state index in [0.29, 0.717) is 5.41 Å². The molecule has 1 aromatic carbocycles. The first-order chi connectivity index (χ1) is 7.62. The van der Waals surface area contributed by atoms with Crippen LogP contribution >= 0.6 is 11.6 Å². The van der Waals surface area contributed by atoms with Crippen LogP contribution in [0.5, 0.6) is 0 Å². The van der Waals surface area contributed by atoms with Gasteiger partial charge in [0.15, 0.2) is 0 Å². The van der Waals surface area contributed by atoms with Crippen molar-refractivity contribution in [3.05, 3.63) is 34.9 Å². The second kappa shape index (κ2) is 4.77. The maximum atomic E-state index is 5.93. The number of halogens is 1. The molecule has 0 unspecified atom stereocenters. The highest BCUT2D eigenvalue weighted by Crippen LogP contribution is 2.35. The Labute approximate surface area is 103 Å². The second-order valence-corrected chi connectivity index (χ2v) is 5.76. The number of benzene rings is 1. The first-order valence-electron chi connectivity index (χ1n) is 6.09. The first-order valence-corrected chi connectivity index (χ1v) is 6.47. The summed E-state index contributed by atoms with van der Waals surface area (Å²) in [5.41, 5.74) is 1.81. The lowest BCUT2D eigenvalue weighted by molar-refractivity contribution is 0.241. The molecule has 0 amide bonds. The van der Waals surface area contributed by atoms with Crippen molar-refractivity contribution in [2.75, 3.05) is 13.1 Å². The minimum Gasteiger partial charge on any atom is -0.315 e. The minimum atomic E-state index is 0.370. The molecule has 2 rings (SSSR count). The Balaban J connectivity index is 2.11. The van der Waals surface area contributed by atoms with Crippen LogP contribution in [-0.2, 0) is 5.41 Å². The predicted octanol–water partition coefficient (Wildman–Crippen LogP) is 3.62. The molecule has 1 heterocycles. The van der Waals surface area contributed by atoms with Crippen molar-refractivity contribution in [1.29, 1.82) is 0 Å².